The molecule has 0 aromatic rings. The zero-order chi connectivity index (χ0) is 13.9. The molecule has 3 rings (SSSR count). The maximum absolute atomic E-state index is 12.5. The molecule has 1 saturated heterocycles. The summed E-state index contributed by atoms with van der Waals surface area (Å²) in [6.45, 7) is 3.16. The monoisotopic (exact) mass is 278 g/mol. The van der Waals surface area contributed by atoms with Gasteiger partial charge in [-0.2, -0.15) is 0 Å². The molecule has 112 valence electrons. The lowest BCUT2D eigenvalue weighted by Crippen LogP contribution is -2.42. The van der Waals surface area contributed by atoms with Crippen LogP contribution in [0.25, 0.3) is 0 Å². The Hall–Kier alpha value is -1.06. The van der Waals surface area contributed by atoms with Gasteiger partial charge in [0.1, 0.15) is 0 Å². The van der Waals surface area contributed by atoms with Gasteiger partial charge in [0.15, 0.2) is 0 Å². The predicted octanol–water partition coefficient (Wildman–Crippen LogP) is 2.04. The van der Waals surface area contributed by atoms with Crippen molar-refractivity contribution in [3.8, 4) is 0 Å². The van der Waals surface area contributed by atoms with Crippen LogP contribution in [0, 0.1) is 11.8 Å². The average molecular weight is 278 g/mol. The fourth-order valence-corrected chi connectivity index (χ4v) is 3.70. The molecule has 0 aromatic carbocycles. The zero-order valence-corrected chi connectivity index (χ0v) is 12.4. The van der Waals surface area contributed by atoms with Crippen LogP contribution in [0.2, 0.25) is 0 Å². The van der Waals surface area contributed by atoms with Gasteiger partial charge in [0, 0.05) is 38.0 Å². The van der Waals surface area contributed by atoms with E-state index in [-0.39, 0.29) is 11.8 Å². The molecule has 1 aliphatic heterocycles. The number of hydrogen-bond donors (Lipinski definition) is 0. The van der Waals surface area contributed by atoms with Crippen molar-refractivity contribution < 1.29 is 9.59 Å². The summed E-state index contributed by atoms with van der Waals surface area (Å²) in [7, 11) is 0. The van der Waals surface area contributed by atoms with Crippen molar-refractivity contribution in [3.63, 3.8) is 0 Å². The Bertz CT molecular complexity index is 373. The summed E-state index contributed by atoms with van der Waals surface area (Å²) in [5.41, 5.74) is 0. The maximum atomic E-state index is 12.5. The highest BCUT2D eigenvalue weighted by molar-refractivity contribution is 5.81. The van der Waals surface area contributed by atoms with E-state index in [4.69, 9.17) is 0 Å². The smallest absolute Gasteiger partial charge is 0.225 e. The minimum atomic E-state index is 0.267. The summed E-state index contributed by atoms with van der Waals surface area (Å²) in [4.78, 5) is 28.8. The highest BCUT2D eigenvalue weighted by Crippen LogP contribution is 2.29. The van der Waals surface area contributed by atoms with Crippen LogP contribution >= 0.6 is 0 Å². The zero-order valence-electron chi connectivity index (χ0n) is 12.4. The highest BCUT2D eigenvalue weighted by atomic mass is 16.2. The van der Waals surface area contributed by atoms with Crippen LogP contribution in [0.15, 0.2) is 0 Å². The quantitative estimate of drug-likeness (QED) is 0.775. The Balaban J connectivity index is 1.53. The first-order chi connectivity index (χ1) is 9.75. The molecular formula is C16H26N2O2. The summed E-state index contributed by atoms with van der Waals surface area (Å²) in [6, 6.07) is 0. The Morgan fingerprint density at radius 2 is 1.05 bits per heavy atom. The second kappa shape index (κ2) is 6.15. The molecular weight excluding hydrogens is 252 g/mol. The molecule has 0 radical (unpaired) electrons. The van der Waals surface area contributed by atoms with Crippen LogP contribution in [0.4, 0.5) is 0 Å². The number of carbonyl (C=O) groups excluding carboxylic acids is 2. The molecule has 4 heteroatoms. The molecule has 0 spiro atoms. The lowest BCUT2D eigenvalue weighted by Gasteiger charge is -2.31. The normalized spacial score (nSPS) is 25.4. The number of rotatable bonds is 2. The third kappa shape index (κ3) is 2.84. The average Bonchev–Trinajstić information content (AvgIpc) is 2.80. The summed E-state index contributed by atoms with van der Waals surface area (Å²) in [5.74, 6) is 1.24. The molecule has 0 bridgehead atoms. The van der Waals surface area contributed by atoms with Crippen molar-refractivity contribution >= 4 is 11.8 Å². The predicted molar refractivity (Wildman–Crippen MR) is 77.1 cm³/mol. The van der Waals surface area contributed by atoms with E-state index in [2.05, 4.69) is 0 Å². The van der Waals surface area contributed by atoms with E-state index in [0.717, 1.165) is 58.3 Å². The van der Waals surface area contributed by atoms with Gasteiger partial charge in [-0.05, 0) is 32.1 Å². The molecule has 2 saturated carbocycles. The van der Waals surface area contributed by atoms with Crippen molar-refractivity contribution in [1.82, 2.24) is 9.80 Å². The van der Waals surface area contributed by atoms with E-state index in [1.807, 2.05) is 9.80 Å². The molecule has 20 heavy (non-hydrogen) atoms. The van der Waals surface area contributed by atoms with Crippen molar-refractivity contribution in [2.24, 2.45) is 11.8 Å². The van der Waals surface area contributed by atoms with Gasteiger partial charge in [0.05, 0.1) is 0 Å². The number of nitrogens with zero attached hydrogens (tertiary/aromatic N) is 2. The molecule has 0 unspecified atom stereocenters. The van der Waals surface area contributed by atoms with Crippen LogP contribution in [0.3, 0.4) is 0 Å². The van der Waals surface area contributed by atoms with Crippen molar-refractivity contribution in [1.29, 1.82) is 0 Å². The Morgan fingerprint density at radius 3 is 1.45 bits per heavy atom. The summed E-state index contributed by atoms with van der Waals surface area (Å²) in [5, 5.41) is 0. The maximum Gasteiger partial charge on any atom is 0.225 e. The second-order valence-corrected chi connectivity index (χ2v) is 6.61. The molecule has 3 fully saturated rings. The third-order valence-electron chi connectivity index (χ3n) is 5.28. The minimum absolute atomic E-state index is 0.267. The molecule has 0 atom stereocenters. The van der Waals surface area contributed by atoms with Crippen molar-refractivity contribution in [3.05, 3.63) is 0 Å². The van der Waals surface area contributed by atoms with E-state index in [1.54, 1.807) is 0 Å². The summed E-state index contributed by atoms with van der Waals surface area (Å²) < 4.78 is 0. The van der Waals surface area contributed by atoms with E-state index in [1.165, 1.54) is 19.3 Å². The molecule has 2 amide bonds. The van der Waals surface area contributed by atoms with E-state index in [9.17, 15) is 9.59 Å². The molecule has 0 N–H and O–H groups in total. The molecule has 1 heterocycles. The van der Waals surface area contributed by atoms with Gasteiger partial charge in [0.2, 0.25) is 11.8 Å². The molecule has 3 aliphatic rings. The minimum Gasteiger partial charge on any atom is -0.341 e. The fourth-order valence-electron chi connectivity index (χ4n) is 3.70. The lowest BCUT2D eigenvalue weighted by atomic mass is 9.84. The molecule has 4 nitrogen and oxygen atoms in total. The van der Waals surface area contributed by atoms with Crippen LogP contribution in [0.5, 0.6) is 0 Å². The Labute approximate surface area is 121 Å². The largest absolute Gasteiger partial charge is 0.341 e. The number of amides is 2. The third-order valence-corrected chi connectivity index (χ3v) is 5.28. The fraction of sp³-hybridized carbons (Fsp3) is 0.875. The first-order valence-electron chi connectivity index (χ1n) is 8.33. The standard InChI is InChI=1S/C16H26N2O2/c19-15(13-5-1-2-6-13)17-9-4-10-18(12-11-17)16(20)14-7-3-8-14/h13-14H,1-12H2. The summed E-state index contributed by atoms with van der Waals surface area (Å²) in [6.07, 6.45) is 8.83. The van der Waals surface area contributed by atoms with Gasteiger partial charge in [-0.3, -0.25) is 9.59 Å². The lowest BCUT2D eigenvalue weighted by molar-refractivity contribution is -0.139. The van der Waals surface area contributed by atoms with Gasteiger partial charge in [-0.15, -0.1) is 0 Å². The van der Waals surface area contributed by atoms with Gasteiger partial charge in [0.25, 0.3) is 0 Å². The molecule has 2 aliphatic carbocycles. The SMILES string of the molecule is O=C(C1CCCC1)N1CCCN(C(=O)C2CCC2)CC1. The number of hydrogen-bond acceptors (Lipinski definition) is 2. The van der Waals surface area contributed by atoms with Gasteiger partial charge in [-0.1, -0.05) is 19.3 Å². The van der Waals surface area contributed by atoms with Gasteiger partial charge in [-0.25, -0.2) is 0 Å². The first kappa shape index (κ1) is 13.9. The van der Waals surface area contributed by atoms with Gasteiger partial charge >= 0.3 is 0 Å². The second-order valence-electron chi connectivity index (χ2n) is 6.61. The van der Waals surface area contributed by atoms with E-state index >= 15 is 0 Å². The highest BCUT2D eigenvalue weighted by Gasteiger charge is 2.32. The van der Waals surface area contributed by atoms with Crippen LogP contribution in [-0.4, -0.2) is 47.8 Å². The van der Waals surface area contributed by atoms with Crippen molar-refractivity contribution in [2.75, 3.05) is 26.2 Å². The number of carbonyl (C=O) groups is 2. The van der Waals surface area contributed by atoms with E-state index < -0.39 is 0 Å². The molecule has 0 aromatic heterocycles. The van der Waals surface area contributed by atoms with Crippen LogP contribution < -0.4 is 0 Å². The van der Waals surface area contributed by atoms with Gasteiger partial charge < -0.3 is 9.80 Å². The Kier molecular flexibility index (Phi) is 4.27. The first-order valence-corrected chi connectivity index (χ1v) is 8.33. The van der Waals surface area contributed by atoms with E-state index in [0.29, 0.717) is 11.8 Å². The van der Waals surface area contributed by atoms with Crippen molar-refractivity contribution in [2.45, 2.75) is 51.4 Å². The Morgan fingerprint density at radius 1 is 0.600 bits per heavy atom. The van der Waals surface area contributed by atoms with Crippen LogP contribution in [-0.2, 0) is 9.59 Å². The summed E-state index contributed by atoms with van der Waals surface area (Å²) >= 11 is 0. The topological polar surface area (TPSA) is 40.6 Å². The van der Waals surface area contributed by atoms with Crippen LogP contribution in [0.1, 0.15) is 51.4 Å².